The van der Waals surface area contributed by atoms with Crippen LogP contribution in [0.2, 0.25) is 0 Å². The highest BCUT2D eigenvalue weighted by Gasteiger charge is 2.27. The Morgan fingerprint density at radius 3 is 2.50 bits per heavy atom. The van der Waals surface area contributed by atoms with Crippen LogP contribution in [0, 0.1) is 11.3 Å². The van der Waals surface area contributed by atoms with E-state index in [1.807, 2.05) is 13.8 Å². The van der Waals surface area contributed by atoms with Crippen molar-refractivity contribution in [2.24, 2.45) is 11.3 Å². The zero-order valence-electron chi connectivity index (χ0n) is 9.75. The molecule has 0 aromatic carbocycles. The SMILES string of the molecule is CCCN(CC1CC1)CC(C)(C)C=O. The predicted molar refractivity (Wildman–Crippen MR) is 59.3 cm³/mol. The van der Waals surface area contributed by atoms with Crippen LogP contribution in [-0.4, -0.2) is 30.8 Å². The Hall–Kier alpha value is -0.370. The van der Waals surface area contributed by atoms with Crippen LogP contribution in [0.15, 0.2) is 0 Å². The molecule has 2 heteroatoms. The van der Waals surface area contributed by atoms with E-state index in [9.17, 15) is 4.79 Å². The molecule has 0 bridgehead atoms. The first-order valence-electron chi connectivity index (χ1n) is 5.76. The maximum Gasteiger partial charge on any atom is 0.126 e. The molecule has 0 aromatic rings. The second-order valence-electron chi connectivity index (χ2n) is 5.28. The largest absolute Gasteiger partial charge is 0.303 e. The van der Waals surface area contributed by atoms with Gasteiger partial charge in [-0.05, 0) is 31.7 Å². The van der Waals surface area contributed by atoms with Gasteiger partial charge in [-0.15, -0.1) is 0 Å². The van der Waals surface area contributed by atoms with Crippen LogP contribution >= 0.6 is 0 Å². The van der Waals surface area contributed by atoms with Crippen LogP contribution in [0.5, 0.6) is 0 Å². The first kappa shape index (κ1) is 11.7. The Kier molecular flexibility index (Phi) is 4.11. The highest BCUT2D eigenvalue weighted by molar-refractivity contribution is 5.58. The van der Waals surface area contributed by atoms with Crippen molar-refractivity contribution in [2.45, 2.75) is 40.0 Å². The van der Waals surface area contributed by atoms with Crippen molar-refractivity contribution in [1.82, 2.24) is 4.90 Å². The standard InChI is InChI=1S/C12H23NO/c1-4-7-13(8-11-5-6-11)9-12(2,3)10-14/h10-11H,4-9H2,1-3H3. The Balaban J connectivity index is 2.36. The van der Waals surface area contributed by atoms with Gasteiger partial charge in [0.2, 0.25) is 0 Å². The lowest BCUT2D eigenvalue weighted by Crippen LogP contribution is -2.37. The van der Waals surface area contributed by atoms with E-state index >= 15 is 0 Å². The van der Waals surface area contributed by atoms with Gasteiger partial charge in [0.15, 0.2) is 0 Å². The Morgan fingerprint density at radius 2 is 2.07 bits per heavy atom. The Labute approximate surface area is 87.7 Å². The number of hydrogen-bond acceptors (Lipinski definition) is 2. The fourth-order valence-electron chi connectivity index (χ4n) is 1.83. The van der Waals surface area contributed by atoms with E-state index in [1.54, 1.807) is 0 Å². The molecule has 0 radical (unpaired) electrons. The molecule has 1 saturated carbocycles. The average molecular weight is 197 g/mol. The molecule has 0 amide bonds. The maximum atomic E-state index is 10.8. The van der Waals surface area contributed by atoms with Crippen LogP contribution in [0.3, 0.4) is 0 Å². The molecule has 0 aromatic heterocycles. The van der Waals surface area contributed by atoms with E-state index in [1.165, 1.54) is 25.8 Å². The smallest absolute Gasteiger partial charge is 0.126 e. The summed E-state index contributed by atoms with van der Waals surface area (Å²) in [5.41, 5.74) is -0.177. The fourth-order valence-corrected chi connectivity index (χ4v) is 1.83. The van der Waals surface area contributed by atoms with Gasteiger partial charge in [0.05, 0.1) is 0 Å². The number of nitrogens with zero attached hydrogens (tertiary/aromatic N) is 1. The lowest BCUT2D eigenvalue weighted by atomic mass is 9.95. The van der Waals surface area contributed by atoms with E-state index in [2.05, 4.69) is 11.8 Å². The van der Waals surface area contributed by atoms with Gasteiger partial charge < -0.3 is 9.69 Å². The minimum Gasteiger partial charge on any atom is -0.303 e. The monoisotopic (exact) mass is 197 g/mol. The van der Waals surface area contributed by atoms with Gasteiger partial charge in [-0.2, -0.15) is 0 Å². The van der Waals surface area contributed by atoms with Gasteiger partial charge >= 0.3 is 0 Å². The summed E-state index contributed by atoms with van der Waals surface area (Å²) in [7, 11) is 0. The summed E-state index contributed by atoms with van der Waals surface area (Å²) in [4.78, 5) is 13.3. The van der Waals surface area contributed by atoms with Crippen LogP contribution in [0.1, 0.15) is 40.0 Å². The molecule has 0 spiro atoms. The van der Waals surface area contributed by atoms with E-state index in [-0.39, 0.29) is 5.41 Å². The second-order valence-corrected chi connectivity index (χ2v) is 5.28. The summed E-state index contributed by atoms with van der Waals surface area (Å²) in [6, 6.07) is 0. The zero-order valence-corrected chi connectivity index (χ0v) is 9.75. The number of carbonyl (C=O) groups excluding carboxylic acids is 1. The zero-order chi connectivity index (χ0) is 10.6. The summed E-state index contributed by atoms with van der Waals surface area (Å²) in [5, 5.41) is 0. The van der Waals surface area contributed by atoms with Crippen LogP contribution in [0.4, 0.5) is 0 Å². The van der Waals surface area contributed by atoms with Crippen molar-refractivity contribution in [2.75, 3.05) is 19.6 Å². The van der Waals surface area contributed by atoms with E-state index in [4.69, 9.17) is 0 Å². The molecule has 2 nitrogen and oxygen atoms in total. The van der Waals surface area contributed by atoms with Gasteiger partial charge in [-0.3, -0.25) is 0 Å². The first-order valence-corrected chi connectivity index (χ1v) is 5.76. The Morgan fingerprint density at radius 1 is 1.43 bits per heavy atom. The lowest BCUT2D eigenvalue weighted by molar-refractivity contribution is -0.115. The van der Waals surface area contributed by atoms with Crippen molar-refractivity contribution in [3.05, 3.63) is 0 Å². The average Bonchev–Trinajstić information content (AvgIpc) is 2.88. The first-order chi connectivity index (χ1) is 6.57. The van der Waals surface area contributed by atoms with Crippen LogP contribution in [-0.2, 0) is 4.79 Å². The molecule has 1 aliphatic rings. The van der Waals surface area contributed by atoms with Gasteiger partial charge in [-0.25, -0.2) is 0 Å². The highest BCUT2D eigenvalue weighted by atomic mass is 16.1. The van der Waals surface area contributed by atoms with Crippen molar-refractivity contribution >= 4 is 6.29 Å². The van der Waals surface area contributed by atoms with Crippen molar-refractivity contribution in [3.8, 4) is 0 Å². The fraction of sp³-hybridized carbons (Fsp3) is 0.917. The van der Waals surface area contributed by atoms with Crippen molar-refractivity contribution in [3.63, 3.8) is 0 Å². The van der Waals surface area contributed by atoms with E-state index < -0.39 is 0 Å². The minimum absolute atomic E-state index is 0.177. The van der Waals surface area contributed by atoms with Gasteiger partial charge in [0, 0.05) is 18.5 Å². The summed E-state index contributed by atoms with van der Waals surface area (Å²) in [6.45, 7) is 9.50. The highest BCUT2D eigenvalue weighted by Crippen LogP contribution is 2.30. The second kappa shape index (κ2) is 4.92. The molecule has 0 heterocycles. The normalized spacial score (nSPS) is 17.4. The summed E-state index contributed by atoms with van der Waals surface area (Å²) in [6.07, 6.45) is 5.05. The molecule has 82 valence electrons. The third-order valence-corrected chi connectivity index (χ3v) is 2.70. The number of carbonyl (C=O) groups is 1. The van der Waals surface area contributed by atoms with Crippen molar-refractivity contribution in [1.29, 1.82) is 0 Å². The maximum absolute atomic E-state index is 10.8. The third-order valence-electron chi connectivity index (χ3n) is 2.70. The molecule has 0 atom stereocenters. The topological polar surface area (TPSA) is 20.3 Å². The lowest BCUT2D eigenvalue weighted by Gasteiger charge is -2.28. The van der Waals surface area contributed by atoms with Crippen LogP contribution < -0.4 is 0 Å². The predicted octanol–water partition coefficient (Wildman–Crippen LogP) is 2.33. The number of hydrogen-bond donors (Lipinski definition) is 0. The number of rotatable bonds is 7. The van der Waals surface area contributed by atoms with Gasteiger partial charge in [0.25, 0.3) is 0 Å². The summed E-state index contributed by atoms with van der Waals surface area (Å²) >= 11 is 0. The van der Waals surface area contributed by atoms with Crippen molar-refractivity contribution < 1.29 is 4.79 Å². The molecule has 1 fully saturated rings. The molecule has 0 saturated heterocycles. The molecular weight excluding hydrogens is 174 g/mol. The molecule has 0 unspecified atom stereocenters. The quantitative estimate of drug-likeness (QED) is 0.584. The molecule has 14 heavy (non-hydrogen) atoms. The minimum atomic E-state index is -0.177. The van der Waals surface area contributed by atoms with Gasteiger partial charge in [-0.1, -0.05) is 20.8 Å². The van der Waals surface area contributed by atoms with Crippen LogP contribution in [0.25, 0.3) is 0 Å². The van der Waals surface area contributed by atoms with E-state index in [0.717, 1.165) is 25.3 Å². The number of aldehydes is 1. The molecule has 0 aliphatic heterocycles. The summed E-state index contributed by atoms with van der Waals surface area (Å²) < 4.78 is 0. The molecule has 1 rings (SSSR count). The molecule has 1 aliphatic carbocycles. The van der Waals surface area contributed by atoms with E-state index in [0.29, 0.717) is 0 Å². The summed E-state index contributed by atoms with van der Waals surface area (Å²) in [5.74, 6) is 0.920. The molecule has 0 N–H and O–H groups in total. The Bertz CT molecular complexity index is 185. The molecular formula is C12H23NO. The third kappa shape index (κ3) is 4.23. The van der Waals surface area contributed by atoms with Gasteiger partial charge in [0.1, 0.15) is 6.29 Å².